The van der Waals surface area contributed by atoms with E-state index in [0.29, 0.717) is 12.2 Å². The van der Waals surface area contributed by atoms with Crippen molar-refractivity contribution in [3.63, 3.8) is 0 Å². The fourth-order valence-electron chi connectivity index (χ4n) is 1.55. The summed E-state index contributed by atoms with van der Waals surface area (Å²) in [5.74, 6) is -0.982. The van der Waals surface area contributed by atoms with Gasteiger partial charge in [0.2, 0.25) is 0 Å². The average Bonchev–Trinajstić information content (AvgIpc) is 2.26. The molecule has 20 heavy (non-hydrogen) atoms. The van der Waals surface area contributed by atoms with Gasteiger partial charge in [-0.25, -0.2) is 4.79 Å². The third-order valence-electron chi connectivity index (χ3n) is 2.33. The lowest BCUT2D eigenvalue weighted by atomic mass is 10.1. The zero-order valence-electron chi connectivity index (χ0n) is 13.6. The van der Waals surface area contributed by atoms with Crippen LogP contribution in [0.1, 0.15) is 48.5 Å². The lowest BCUT2D eigenvalue weighted by molar-refractivity contribution is -0.157. The van der Waals surface area contributed by atoms with Crippen molar-refractivity contribution in [2.45, 2.75) is 54.1 Å². The largest absolute Gasteiger partial charge is 0.463 e. The normalized spacial score (nSPS) is 14.8. The van der Waals surface area contributed by atoms with Crippen molar-refractivity contribution in [3.05, 3.63) is 23.3 Å². The van der Waals surface area contributed by atoms with E-state index in [9.17, 15) is 9.59 Å². The summed E-state index contributed by atoms with van der Waals surface area (Å²) in [5, 5.41) is 0. The Morgan fingerprint density at radius 3 is 2.20 bits per heavy atom. The summed E-state index contributed by atoms with van der Waals surface area (Å²) < 4.78 is 10.2. The quantitative estimate of drug-likeness (QED) is 0.440. The van der Waals surface area contributed by atoms with Crippen LogP contribution >= 0.6 is 0 Å². The van der Waals surface area contributed by atoms with E-state index < -0.39 is 5.60 Å². The summed E-state index contributed by atoms with van der Waals surface area (Å²) in [6, 6.07) is 0. The van der Waals surface area contributed by atoms with E-state index in [4.69, 9.17) is 9.47 Å². The van der Waals surface area contributed by atoms with Crippen molar-refractivity contribution < 1.29 is 19.1 Å². The van der Waals surface area contributed by atoms with Crippen LogP contribution in [0.4, 0.5) is 0 Å². The summed E-state index contributed by atoms with van der Waals surface area (Å²) >= 11 is 0. The molecule has 0 saturated carbocycles. The number of hydrogen-bond donors (Lipinski definition) is 0. The maximum Gasteiger partial charge on any atom is 0.333 e. The van der Waals surface area contributed by atoms with Gasteiger partial charge in [-0.2, -0.15) is 0 Å². The molecule has 0 aliphatic rings. The van der Waals surface area contributed by atoms with E-state index >= 15 is 0 Å². The highest BCUT2D eigenvalue weighted by Crippen LogP contribution is 2.14. The summed E-state index contributed by atoms with van der Waals surface area (Å²) in [5.41, 5.74) is 0.843. The summed E-state index contributed by atoms with van der Waals surface area (Å²) in [6.45, 7) is 12.9. The molecule has 1 atom stereocenters. The van der Waals surface area contributed by atoms with Gasteiger partial charge in [0, 0.05) is 5.57 Å². The van der Waals surface area contributed by atoms with E-state index in [0.717, 1.165) is 5.57 Å². The Labute approximate surface area is 121 Å². The zero-order valence-corrected chi connectivity index (χ0v) is 13.6. The minimum Gasteiger partial charge on any atom is -0.463 e. The van der Waals surface area contributed by atoms with Gasteiger partial charge < -0.3 is 9.47 Å². The predicted octanol–water partition coefficient (Wildman–Crippen LogP) is 3.42. The van der Waals surface area contributed by atoms with E-state index in [1.807, 2.05) is 27.7 Å². The van der Waals surface area contributed by atoms with Crippen LogP contribution in [-0.4, -0.2) is 24.1 Å². The molecule has 0 aromatic heterocycles. The number of carbonyl (C=O) groups excluding carboxylic acids is 2. The van der Waals surface area contributed by atoms with Crippen molar-refractivity contribution in [2.75, 3.05) is 6.61 Å². The minimum atomic E-state index is -0.496. The smallest absolute Gasteiger partial charge is 0.333 e. The van der Waals surface area contributed by atoms with Crippen LogP contribution in [-0.2, 0) is 19.1 Å². The van der Waals surface area contributed by atoms with E-state index in [1.54, 1.807) is 32.9 Å². The molecule has 0 aliphatic heterocycles. The van der Waals surface area contributed by atoms with E-state index in [1.165, 1.54) is 0 Å². The fraction of sp³-hybridized carbons (Fsp3) is 0.625. The number of esters is 2. The zero-order chi connectivity index (χ0) is 15.9. The van der Waals surface area contributed by atoms with Crippen molar-refractivity contribution in [2.24, 2.45) is 5.92 Å². The van der Waals surface area contributed by atoms with Gasteiger partial charge in [-0.1, -0.05) is 11.6 Å². The number of allylic oxidation sites excluding steroid dienone is 2. The molecule has 0 spiro atoms. The summed E-state index contributed by atoms with van der Waals surface area (Å²) in [7, 11) is 0. The minimum absolute atomic E-state index is 0.279. The van der Waals surface area contributed by atoms with Crippen LogP contribution in [0.2, 0.25) is 0 Å². The SMILES string of the molecule is CCOC(=O)/C(C)=C/C(C)=C/C(C)C(=O)OC(C)(C)C. The highest BCUT2D eigenvalue weighted by Gasteiger charge is 2.20. The standard InChI is InChI=1S/C16H26O4/c1-8-19-14(17)12(3)9-11(2)10-13(4)15(18)20-16(5,6)7/h9-10,13H,8H2,1-7H3/b11-10+,12-9+. The van der Waals surface area contributed by atoms with Crippen molar-refractivity contribution in [1.82, 2.24) is 0 Å². The molecule has 0 N–H and O–H groups in total. The van der Waals surface area contributed by atoms with Gasteiger partial charge in [-0.05, 0) is 54.5 Å². The highest BCUT2D eigenvalue weighted by molar-refractivity contribution is 5.88. The van der Waals surface area contributed by atoms with Crippen molar-refractivity contribution in [3.8, 4) is 0 Å². The van der Waals surface area contributed by atoms with Gasteiger partial charge in [0.25, 0.3) is 0 Å². The second-order valence-electron chi connectivity index (χ2n) is 5.78. The van der Waals surface area contributed by atoms with Crippen LogP contribution in [0.5, 0.6) is 0 Å². The number of hydrogen-bond acceptors (Lipinski definition) is 4. The molecule has 0 amide bonds. The lowest BCUT2D eigenvalue weighted by Gasteiger charge is -2.21. The maximum absolute atomic E-state index is 11.8. The molecule has 4 nitrogen and oxygen atoms in total. The van der Waals surface area contributed by atoms with Gasteiger partial charge >= 0.3 is 11.9 Å². The van der Waals surface area contributed by atoms with Gasteiger partial charge in [0.15, 0.2) is 0 Å². The lowest BCUT2D eigenvalue weighted by Crippen LogP contribution is -2.27. The molecule has 0 saturated heterocycles. The average molecular weight is 282 g/mol. The molecule has 0 aliphatic carbocycles. The molecule has 4 heteroatoms. The molecular weight excluding hydrogens is 256 g/mol. The van der Waals surface area contributed by atoms with E-state index in [2.05, 4.69) is 0 Å². The highest BCUT2D eigenvalue weighted by atomic mass is 16.6. The molecule has 114 valence electrons. The summed E-state index contributed by atoms with van der Waals surface area (Å²) in [4.78, 5) is 23.3. The molecule has 0 aromatic rings. The van der Waals surface area contributed by atoms with Crippen molar-refractivity contribution in [1.29, 1.82) is 0 Å². The third kappa shape index (κ3) is 7.77. The first-order valence-electron chi connectivity index (χ1n) is 6.83. The maximum atomic E-state index is 11.8. The molecular formula is C16H26O4. The van der Waals surface area contributed by atoms with Crippen LogP contribution in [0.3, 0.4) is 0 Å². The van der Waals surface area contributed by atoms with Crippen LogP contribution in [0.15, 0.2) is 23.3 Å². The fourth-order valence-corrected chi connectivity index (χ4v) is 1.55. The first kappa shape index (κ1) is 18.4. The van der Waals surface area contributed by atoms with Gasteiger partial charge in [0.05, 0.1) is 12.5 Å². The van der Waals surface area contributed by atoms with Gasteiger partial charge in [-0.3, -0.25) is 4.79 Å². The molecule has 0 radical (unpaired) electrons. The summed E-state index contributed by atoms with van der Waals surface area (Å²) in [6.07, 6.45) is 3.48. The Hall–Kier alpha value is -1.58. The van der Waals surface area contributed by atoms with Crippen LogP contribution < -0.4 is 0 Å². The number of ether oxygens (including phenoxy) is 2. The molecule has 0 bridgehead atoms. The second-order valence-corrected chi connectivity index (χ2v) is 5.78. The molecule has 0 aromatic carbocycles. The Kier molecular flexibility index (Phi) is 7.25. The number of carbonyl (C=O) groups is 2. The van der Waals surface area contributed by atoms with E-state index in [-0.39, 0.29) is 17.9 Å². The van der Waals surface area contributed by atoms with Gasteiger partial charge in [0.1, 0.15) is 5.60 Å². The first-order chi connectivity index (χ1) is 9.06. The van der Waals surface area contributed by atoms with Crippen molar-refractivity contribution >= 4 is 11.9 Å². The number of rotatable bonds is 5. The predicted molar refractivity (Wildman–Crippen MR) is 79.2 cm³/mol. The van der Waals surface area contributed by atoms with Crippen LogP contribution in [0, 0.1) is 5.92 Å². The Morgan fingerprint density at radius 1 is 1.20 bits per heavy atom. The Balaban J connectivity index is 4.76. The molecule has 0 heterocycles. The topological polar surface area (TPSA) is 52.6 Å². The molecule has 0 fully saturated rings. The van der Waals surface area contributed by atoms with Crippen LogP contribution in [0.25, 0.3) is 0 Å². The molecule has 1 unspecified atom stereocenters. The Morgan fingerprint density at radius 2 is 1.75 bits per heavy atom. The molecule has 0 rings (SSSR count). The van der Waals surface area contributed by atoms with Gasteiger partial charge in [-0.15, -0.1) is 0 Å². The Bertz CT molecular complexity index is 411. The second kappa shape index (κ2) is 7.88. The monoisotopic (exact) mass is 282 g/mol. The first-order valence-corrected chi connectivity index (χ1v) is 6.83. The third-order valence-corrected chi connectivity index (χ3v) is 2.33.